The monoisotopic (exact) mass is 248 g/mol. The molecule has 0 aromatic rings. The lowest BCUT2D eigenvalue weighted by Gasteiger charge is -2.33. The Bertz CT molecular complexity index is 259. The Kier molecular flexibility index (Phi) is 5.31. The SMILES string of the molecule is CCCCC(C)C(=O)NC1CCNCC1(F)F. The van der Waals surface area contributed by atoms with Gasteiger partial charge in [0, 0.05) is 5.92 Å². The lowest BCUT2D eigenvalue weighted by molar-refractivity contribution is -0.130. The maximum Gasteiger partial charge on any atom is 0.280 e. The highest BCUT2D eigenvalue weighted by molar-refractivity contribution is 5.78. The molecule has 0 aromatic carbocycles. The molecule has 0 spiro atoms. The van der Waals surface area contributed by atoms with Crippen molar-refractivity contribution in [2.75, 3.05) is 13.1 Å². The molecule has 0 aliphatic carbocycles. The molecule has 1 heterocycles. The van der Waals surface area contributed by atoms with Gasteiger partial charge in [-0.25, -0.2) is 8.78 Å². The largest absolute Gasteiger partial charge is 0.347 e. The van der Waals surface area contributed by atoms with Gasteiger partial charge >= 0.3 is 0 Å². The predicted octanol–water partition coefficient (Wildman–Crippen LogP) is 1.93. The molecular weight excluding hydrogens is 226 g/mol. The molecule has 2 unspecified atom stereocenters. The summed E-state index contributed by atoms with van der Waals surface area (Å²) in [6.45, 7) is 4.03. The van der Waals surface area contributed by atoms with Crippen molar-refractivity contribution in [3.63, 3.8) is 0 Å². The lowest BCUT2D eigenvalue weighted by Crippen LogP contribution is -2.57. The van der Waals surface area contributed by atoms with Crippen LogP contribution in [0.1, 0.15) is 39.5 Å². The van der Waals surface area contributed by atoms with Gasteiger partial charge in [-0.3, -0.25) is 4.79 Å². The number of carbonyl (C=O) groups excluding carboxylic acids is 1. The van der Waals surface area contributed by atoms with Gasteiger partial charge in [0.15, 0.2) is 0 Å². The number of nitrogens with one attached hydrogen (secondary N) is 2. The molecule has 0 bridgehead atoms. The van der Waals surface area contributed by atoms with Gasteiger partial charge in [0.25, 0.3) is 5.92 Å². The summed E-state index contributed by atoms with van der Waals surface area (Å²) in [6, 6.07) is -1.01. The first-order valence-corrected chi connectivity index (χ1v) is 6.36. The summed E-state index contributed by atoms with van der Waals surface area (Å²) in [5, 5.41) is 5.13. The van der Waals surface area contributed by atoms with Crippen molar-refractivity contribution in [2.24, 2.45) is 5.92 Å². The zero-order valence-corrected chi connectivity index (χ0v) is 10.6. The van der Waals surface area contributed by atoms with Gasteiger partial charge in [-0.2, -0.15) is 0 Å². The Hall–Kier alpha value is -0.710. The molecule has 5 heteroatoms. The maximum absolute atomic E-state index is 13.5. The first kappa shape index (κ1) is 14.4. The van der Waals surface area contributed by atoms with E-state index in [4.69, 9.17) is 0 Å². The lowest BCUT2D eigenvalue weighted by atomic mass is 9.99. The number of hydrogen-bond acceptors (Lipinski definition) is 2. The standard InChI is InChI=1S/C12H22F2N2O/c1-3-4-5-9(2)11(17)16-10-6-7-15-8-12(10,13)14/h9-10,15H,3-8H2,1-2H3,(H,16,17). The van der Waals surface area contributed by atoms with E-state index in [1.54, 1.807) is 6.92 Å². The van der Waals surface area contributed by atoms with E-state index in [2.05, 4.69) is 10.6 Å². The van der Waals surface area contributed by atoms with Crippen molar-refractivity contribution in [3.05, 3.63) is 0 Å². The first-order valence-electron chi connectivity index (χ1n) is 6.36. The molecule has 1 amide bonds. The van der Waals surface area contributed by atoms with E-state index < -0.39 is 12.0 Å². The zero-order chi connectivity index (χ0) is 12.9. The molecule has 0 aromatic heterocycles. The number of alkyl halides is 2. The molecule has 2 atom stereocenters. The molecule has 17 heavy (non-hydrogen) atoms. The third-order valence-corrected chi connectivity index (χ3v) is 3.24. The van der Waals surface area contributed by atoms with Crippen LogP contribution in [0, 0.1) is 5.92 Å². The van der Waals surface area contributed by atoms with Gasteiger partial charge in [-0.05, 0) is 19.4 Å². The fourth-order valence-corrected chi connectivity index (χ4v) is 1.97. The average Bonchev–Trinajstić information content (AvgIpc) is 2.28. The van der Waals surface area contributed by atoms with Crippen molar-refractivity contribution in [1.82, 2.24) is 10.6 Å². The van der Waals surface area contributed by atoms with Gasteiger partial charge in [0.05, 0.1) is 12.6 Å². The van der Waals surface area contributed by atoms with E-state index in [0.717, 1.165) is 19.3 Å². The molecule has 1 saturated heterocycles. The van der Waals surface area contributed by atoms with Crippen LogP contribution in [0.4, 0.5) is 8.78 Å². The normalized spacial score (nSPS) is 25.3. The molecule has 2 N–H and O–H groups in total. The number of unbranched alkanes of at least 4 members (excludes halogenated alkanes) is 1. The zero-order valence-electron chi connectivity index (χ0n) is 10.6. The van der Waals surface area contributed by atoms with Crippen molar-refractivity contribution in [3.8, 4) is 0 Å². The Balaban J connectivity index is 2.43. The van der Waals surface area contributed by atoms with Crippen LogP contribution in [0.25, 0.3) is 0 Å². The minimum Gasteiger partial charge on any atom is -0.347 e. The van der Waals surface area contributed by atoms with Crippen LogP contribution in [0.3, 0.4) is 0 Å². The average molecular weight is 248 g/mol. The third kappa shape index (κ3) is 4.22. The first-order chi connectivity index (χ1) is 7.97. The molecule has 100 valence electrons. The van der Waals surface area contributed by atoms with E-state index in [1.165, 1.54) is 0 Å². The van der Waals surface area contributed by atoms with E-state index in [1.807, 2.05) is 6.92 Å². The topological polar surface area (TPSA) is 41.1 Å². The van der Waals surface area contributed by atoms with Gasteiger partial charge in [0.2, 0.25) is 5.91 Å². The number of rotatable bonds is 5. The minimum absolute atomic E-state index is 0.180. The van der Waals surface area contributed by atoms with Gasteiger partial charge in [0.1, 0.15) is 0 Å². The molecule has 1 rings (SSSR count). The summed E-state index contributed by atoms with van der Waals surface area (Å²) < 4.78 is 26.9. The molecular formula is C12H22F2N2O. The molecule has 0 saturated carbocycles. The Morgan fingerprint density at radius 1 is 1.59 bits per heavy atom. The molecule has 3 nitrogen and oxygen atoms in total. The summed E-state index contributed by atoms with van der Waals surface area (Å²) in [5.41, 5.74) is 0. The van der Waals surface area contributed by atoms with Crippen LogP contribution >= 0.6 is 0 Å². The minimum atomic E-state index is -2.83. The Morgan fingerprint density at radius 3 is 2.88 bits per heavy atom. The number of carbonyl (C=O) groups is 1. The Labute approximate surface area is 101 Å². The van der Waals surface area contributed by atoms with E-state index in [9.17, 15) is 13.6 Å². The second-order valence-electron chi connectivity index (χ2n) is 4.83. The summed E-state index contributed by atoms with van der Waals surface area (Å²) in [5.74, 6) is -3.26. The highest BCUT2D eigenvalue weighted by Crippen LogP contribution is 2.23. The fourth-order valence-electron chi connectivity index (χ4n) is 1.97. The van der Waals surface area contributed by atoms with Gasteiger partial charge in [-0.15, -0.1) is 0 Å². The van der Waals surface area contributed by atoms with Gasteiger partial charge in [-0.1, -0.05) is 26.7 Å². The summed E-state index contributed by atoms with van der Waals surface area (Å²) >= 11 is 0. The molecule has 0 radical (unpaired) electrons. The second kappa shape index (κ2) is 6.28. The smallest absolute Gasteiger partial charge is 0.280 e. The Morgan fingerprint density at radius 2 is 2.29 bits per heavy atom. The van der Waals surface area contributed by atoms with E-state index in [0.29, 0.717) is 13.0 Å². The molecule has 1 aliphatic rings. The fraction of sp³-hybridized carbons (Fsp3) is 0.917. The van der Waals surface area contributed by atoms with Gasteiger partial charge < -0.3 is 10.6 Å². The summed E-state index contributed by atoms with van der Waals surface area (Å²) in [6.07, 6.45) is 3.02. The van der Waals surface area contributed by atoms with Crippen LogP contribution in [0.2, 0.25) is 0 Å². The summed E-state index contributed by atoms with van der Waals surface area (Å²) in [7, 11) is 0. The second-order valence-corrected chi connectivity index (χ2v) is 4.83. The van der Waals surface area contributed by atoms with Crippen LogP contribution in [-0.2, 0) is 4.79 Å². The van der Waals surface area contributed by atoms with Crippen LogP contribution in [0.5, 0.6) is 0 Å². The van der Waals surface area contributed by atoms with Crippen LogP contribution in [0.15, 0.2) is 0 Å². The van der Waals surface area contributed by atoms with Crippen molar-refractivity contribution < 1.29 is 13.6 Å². The van der Waals surface area contributed by atoms with Crippen LogP contribution in [-0.4, -0.2) is 31.0 Å². The van der Waals surface area contributed by atoms with Crippen molar-refractivity contribution in [1.29, 1.82) is 0 Å². The van der Waals surface area contributed by atoms with E-state index in [-0.39, 0.29) is 18.4 Å². The molecule has 1 aliphatic heterocycles. The number of hydrogen-bond donors (Lipinski definition) is 2. The highest BCUT2D eigenvalue weighted by atomic mass is 19.3. The maximum atomic E-state index is 13.5. The number of amides is 1. The highest BCUT2D eigenvalue weighted by Gasteiger charge is 2.42. The number of halogens is 2. The predicted molar refractivity (Wildman–Crippen MR) is 63.1 cm³/mol. The quantitative estimate of drug-likeness (QED) is 0.780. The molecule has 1 fully saturated rings. The van der Waals surface area contributed by atoms with Crippen molar-refractivity contribution >= 4 is 5.91 Å². The number of piperidine rings is 1. The summed E-state index contributed by atoms with van der Waals surface area (Å²) in [4.78, 5) is 11.7. The van der Waals surface area contributed by atoms with Crippen LogP contribution < -0.4 is 10.6 Å². The third-order valence-electron chi connectivity index (χ3n) is 3.24. The van der Waals surface area contributed by atoms with E-state index >= 15 is 0 Å². The van der Waals surface area contributed by atoms with Crippen molar-refractivity contribution in [2.45, 2.75) is 51.5 Å².